The van der Waals surface area contributed by atoms with Crippen molar-refractivity contribution in [2.45, 2.75) is 82.6 Å². The van der Waals surface area contributed by atoms with Gasteiger partial charge in [-0.2, -0.15) is 5.26 Å². The standard InChI is InChI=1S/C35H41N11O4/c1-23(17-44-22-39-42-43-44)50-33-12-25(2-3-26(33)14-36)27-15-37-35(38-16-27)40-32-19-46(41-34(32)49-20-24-8-10-47-11-9-24)29-6-4-28(5-7-29)45-18-31-13-30(45)21-48-31/h2-3,12,15-16,18-19,22-24,28-30H,4-11,13,17,20-21H2,1H3,(H,37,38,40)/t23-,28-,29-,30+/m0/s1. The van der Waals surface area contributed by atoms with E-state index in [4.69, 9.17) is 24.0 Å². The number of aromatic nitrogens is 8. The maximum absolute atomic E-state index is 9.69. The van der Waals surface area contributed by atoms with Crippen LogP contribution in [0, 0.1) is 17.2 Å². The molecule has 1 aromatic carbocycles. The number of hydrogen-bond donors (Lipinski definition) is 1. The SMILES string of the molecule is C[C@@H](Cn1cnnn1)Oc1cc(-c2cnc(Nc3cn([C@H]4CC[C@H](N5C=C6C[C@@H]5CO6)CC4)nc3OCC3CCOCC3)nc2)ccc1C#N. The van der Waals surface area contributed by atoms with E-state index in [0.29, 0.717) is 60.3 Å². The molecule has 3 aliphatic heterocycles. The van der Waals surface area contributed by atoms with Crippen LogP contribution in [0.3, 0.4) is 0 Å². The van der Waals surface area contributed by atoms with Crippen molar-refractivity contribution < 1.29 is 18.9 Å². The Balaban J connectivity index is 0.957. The van der Waals surface area contributed by atoms with Gasteiger partial charge in [-0.05, 0) is 79.5 Å². The summed E-state index contributed by atoms with van der Waals surface area (Å²) in [7, 11) is 0. The van der Waals surface area contributed by atoms with Crippen molar-refractivity contribution in [1.82, 2.24) is 44.9 Å². The molecular formula is C35H41N11O4. The first-order chi connectivity index (χ1) is 24.6. The molecule has 3 fully saturated rings. The van der Waals surface area contributed by atoms with Gasteiger partial charge in [-0.25, -0.2) is 14.6 Å². The van der Waals surface area contributed by atoms with Gasteiger partial charge in [0.1, 0.15) is 42.3 Å². The first kappa shape index (κ1) is 32.0. The van der Waals surface area contributed by atoms with Crippen LogP contribution in [0.5, 0.6) is 11.6 Å². The predicted octanol–water partition coefficient (Wildman–Crippen LogP) is 4.64. The molecular weight excluding hydrogens is 638 g/mol. The number of nitrogens with one attached hydrogen (secondary N) is 1. The van der Waals surface area contributed by atoms with Gasteiger partial charge in [0.2, 0.25) is 5.95 Å². The fraction of sp³-hybridized carbons (Fsp3) is 0.514. The first-order valence-corrected chi connectivity index (χ1v) is 17.5. The van der Waals surface area contributed by atoms with Gasteiger partial charge in [0, 0.05) is 49.8 Å². The molecule has 6 heterocycles. The Morgan fingerprint density at radius 1 is 1.04 bits per heavy atom. The summed E-state index contributed by atoms with van der Waals surface area (Å²) in [6, 6.07) is 9.01. The number of nitriles is 1. The van der Waals surface area contributed by atoms with Crippen LogP contribution in [0.4, 0.5) is 11.6 Å². The summed E-state index contributed by atoms with van der Waals surface area (Å²) in [5.74, 6) is 3.05. The Bertz CT molecular complexity index is 1820. The average molecular weight is 680 g/mol. The highest BCUT2D eigenvalue weighted by atomic mass is 16.5. The summed E-state index contributed by atoms with van der Waals surface area (Å²) < 4.78 is 27.4. The zero-order chi connectivity index (χ0) is 33.9. The molecule has 1 aliphatic carbocycles. The van der Waals surface area contributed by atoms with E-state index in [9.17, 15) is 5.26 Å². The first-order valence-electron chi connectivity index (χ1n) is 17.5. The third-order valence-electron chi connectivity index (χ3n) is 10.1. The molecule has 0 spiro atoms. The van der Waals surface area contributed by atoms with E-state index in [1.54, 1.807) is 23.1 Å². The smallest absolute Gasteiger partial charge is 0.256 e. The van der Waals surface area contributed by atoms with Crippen LogP contribution in [-0.2, 0) is 16.0 Å². The molecule has 2 atom stereocenters. The van der Waals surface area contributed by atoms with Crippen molar-refractivity contribution >= 4 is 11.6 Å². The molecule has 260 valence electrons. The van der Waals surface area contributed by atoms with Gasteiger partial charge < -0.3 is 29.2 Å². The van der Waals surface area contributed by atoms with Crippen LogP contribution in [0.1, 0.15) is 63.5 Å². The number of tetrazole rings is 1. The lowest BCUT2D eigenvalue weighted by Gasteiger charge is -2.38. The largest absolute Gasteiger partial charge is 0.494 e. The van der Waals surface area contributed by atoms with Gasteiger partial charge in [0.25, 0.3) is 5.88 Å². The van der Waals surface area contributed by atoms with Crippen molar-refractivity contribution in [2.24, 2.45) is 5.92 Å². The molecule has 0 unspecified atom stereocenters. The highest BCUT2D eigenvalue weighted by Crippen LogP contribution is 2.39. The number of nitrogens with zero attached hydrogens (tertiary/aromatic N) is 10. The van der Waals surface area contributed by atoms with Crippen LogP contribution in [0.25, 0.3) is 11.1 Å². The summed E-state index contributed by atoms with van der Waals surface area (Å²) in [6.07, 6.45) is 16.4. The molecule has 4 aromatic rings. The molecule has 2 saturated heterocycles. The minimum atomic E-state index is -0.268. The van der Waals surface area contributed by atoms with E-state index in [1.807, 2.05) is 25.3 Å². The Morgan fingerprint density at radius 3 is 2.58 bits per heavy atom. The zero-order valence-corrected chi connectivity index (χ0v) is 28.1. The lowest BCUT2D eigenvalue weighted by Crippen LogP contribution is -2.41. The van der Waals surface area contributed by atoms with Crippen molar-refractivity contribution in [2.75, 3.05) is 31.7 Å². The summed E-state index contributed by atoms with van der Waals surface area (Å²) in [5.41, 5.74) is 2.80. The second-order valence-electron chi connectivity index (χ2n) is 13.6. The van der Waals surface area contributed by atoms with Crippen LogP contribution in [-0.4, -0.2) is 89.5 Å². The molecule has 1 N–H and O–H groups in total. The fourth-order valence-corrected chi connectivity index (χ4v) is 7.33. The molecule has 4 aliphatic rings. The summed E-state index contributed by atoms with van der Waals surface area (Å²) in [5, 5.41) is 29.2. The number of fused-ring (bicyclic) bond motifs is 2. The van der Waals surface area contributed by atoms with Crippen molar-refractivity contribution in [3.05, 3.63) is 60.6 Å². The maximum atomic E-state index is 9.69. The average Bonchev–Trinajstić information content (AvgIpc) is 3.99. The second-order valence-corrected chi connectivity index (χ2v) is 13.6. The second kappa shape index (κ2) is 14.3. The molecule has 0 amide bonds. The minimum Gasteiger partial charge on any atom is -0.494 e. The minimum absolute atomic E-state index is 0.268. The van der Waals surface area contributed by atoms with Gasteiger partial charge in [-0.3, -0.25) is 4.68 Å². The Hall–Kier alpha value is -5.23. The third-order valence-corrected chi connectivity index (χ3v) is 10.1. The van der Waals surface area contributed by atoms with Crippen LogP contribution >= 0.6 is 0 Å². The molecule has 15 heteroatoms. The van der Waals surface area contributed by atoms with Crippen LogP contribution in [0.15, 0.2) is 55.1 Å². The van der Waals surface area contributed by atoms with Crippen molar-refractivity contribution in [3.8, 4) is 28.8 Å². The van der Waals surface area contributed by atoms with Crippen molar-refractivity contribution in [3.63, 3.8) is 0 Å². The lowest BCUT2D eigenvalue weighted by molar-refractivity contribution is 0.0489. The van der Waals surface area contributed by atoms with Gasteiger partial charge >= 0.3 is 0 Å². The quantitative estimate of drug-likeness (QED) is 0.220. The third kappa shape index (κ3) is 7.07. The van der Waals surface area contributed by atoms with Gasteiger partial charge in [0.15, 0.2) is 0 Å². The number of rotatable bonds is 12. The molecule has 1 saturated carbocycles. The molecule has 50 heavy (non-hydrogen) atoms. The topological polar surface area (TPSA) is 163 Å². The van der Waals surface area contributed by atoms with Gasteiger partial charge in [-0.15, -0.1) is 10.2 Å². The summed E-state index contributed by atoms with van der Waals surface area (Å²) >= 11 is 0. The number of anilines is 2. The number of ether oxygens (including phenoxy) is 4. The van der Waals surface area contributed by atoms with Gasteiger partial charge in [0.05, 0.1) is 37.0 Å². The highest BCUT2D eigenvalue weighted by Gasteiger charge is 2.38. The van der Waals surface area contributed by atoms with Crippen molar-refractivity contribution in [1.29, 1.82) is 5.26 Å². The van der Waals surface area contributed by atoms with E-state index >= 15 is 0 Å². The summed E-state index contributed by atoms with van der Waals surface area (Å²) in [4.78, 5) is 11.8. The Labute approximate surface area is 290 Å². The highest BCUT2D eigenvalue weighted by molar-refractivity contribution is 5.67. The molecule has 3 aromatic heterocycles. The molecule has 0 radical (unpaired) electrons. The van der Waals surface area contributed by atoms with Gasteiger partial charge in [-0.1, -0.05) is 6.07 Å². The number of hydrogen-bond acceptors (Lipinski definition) is 13. The Morgan fingerprint density at radius 2 is 1.86 bits per heavy atom. The Kier molecular flexibility index (Phi) is 9.17. The van der Waals surface area contributed by atoms with Crippen LogP contribution in [0.2, 0.25) is 0 Å². The van der Waals surface area contributed by atoms with Crippen LogP contribution < -0.4 is 14.8 Å². The molecule has 8 rings (SSSR count). The number of benzene rings is 1. The van der Waals surface area contributed by atoms with E-state index in [0.717, 1.165) is 87.3 Å². The predicted molar refractivity (Wildman–Crippen MR) is 180 cm³/mol. The van der Waals surface area contributed by atoms with E-state index in [1.165, 1.54) is 6.33 Å². The summed E-state index contributed by atoms with van der Waals surface area (Å²) in [6.45, 7) is 5.29. The fourth-order valence-electron chi connectivity index (χ4n) is 7.33. The van der Waals surface area contributed by atoms with E-state index < -0.39 is 0 Å². The monoisotopic (exact) mass is 679 g/mol. The maximum Gasteiger partial charge on any atom is 0.256 e. The molecule has 2 bridgehead atoms. The zero-order valence-electron chi connectivity index (χ0n) is 28.1. The normalized spacial score (nSPS) is 22.4. The molecule has 15 nitrogen and oxygen atoms in total. The van der Waals surface area contributed by atoms with E-state index in [2.05, 4.69) is 52.7 Å². The lowest BCUT2D eigenvalue weighted by atomic mass is 9.90. The van der Waals surface area contributed by atoms with E-state index in [-0.39, 0.29) is 6.10 Å².